The normalized spacial score (nSPS) is 10.6. The smallest absolute Gasteiger partial charge is 0.337 e. The highest BCUT2D eigenvalue weighted by Gasteiger charge is 2.03. The molecule has 0 fully saturated rings. The van der Waals surface area contributed by atoms with E-state index in [9.17, 15) is 9.59 Å². The number of hydrogen-bond acceptors (Lipinski definition) is 3. The maximum absolute atomic E-state index is 11.6. The predicted molar refractivity (Wildman–Crippen MR) is 76.0 cm³/mol. The van der Waals surface area contributed by atoms with Crippen LogP contribution in [0.15, 0.2) is 30.3 Å². The van der Waals surface area contributed by atoms with Crippen molar-refractivity contribution >= 4 is 17.8 Å². The fourth-order valence-electron chi connectivity index (χ4n) is 1.67. The van der Waals surface area contributed by atoms with Crippen LogP contribution in [0.5, 0.6) is 0 Å². The van der Waals surface area contributed by atoms with Crippen LogP contribution in [0.25, 0.3) is 6.08 Å². The van der Waals surface area contributed by atoms with Gasteiger partial charge in [0.1, 0.15) is 0 Å². The van der Waals surface area contributed by atoms with Crippen LogP contribution >= 0.6 is 0 Å². The second-order valence-electron chi connectivity index (χ2n) is 4.37. The largest absolute Gasteiger partial charge is 0.465 e. The molecule has 1 aromatic rings. The number of ether oxygens (including phenoxy) is 1. The van der Waals surface area contributed by atoms with Gasteiger partial charge in [-0.3, -0.25) is 4.79 Å². The van der Waals surface area contributed by atoms with Crippen LogP contribution in [0, 0.1) is 0 Å². The number of ketones is 1. The third-order valence-electron chi connectivity index (χ3n) is 2.82. The van der Waals surface area contributed by atoms with Crippen molar-refractivity contribution < 1.29 is 14.3 Å². The molecule has 0 aliphatic heterocycles. The second kappa shape index (κ2) is 8.25. The number of carbonyl (C=O) groups is 2. The third kappa shape index (κ3) is 5.51. The fourth-order valence-corrected chi connectivity index (χ4v) is 1.67. The lowest BCUT2D eigenvalue weighted by molar-refractivity contribution is -0.114. The number of unbranched alkanes of at least 4 members (excludes halogenated alkanes) is 2. The third-order valence-corrected chi connectivity index (χ3v) is 2.82. The molecular weight excluding hydrogens is 240 g/mol. The molecule has 3 heteroatoms. The van der Waals surface area contributed by atoms with E-state index >= 15 is 0 Å². The number of hydrogen-bond donors (Lipinski definition) is 0. The summed E-state index contributed by atoms with van der Waals surface area (Å²) in [7, 11) is 1.35. The van der Waals surface area contributed by atoms with Crippen molar-refractivity contribution in [2.75, 3.05) is 7.11 Å². The lowest BCUT2D eigenvalue weighted by Crippen LogP contribution is -2.00. The number of esters is 1. The monoisotopic (exact) mass is 260 g/mol. The average Bonchev–Trinajstić information content (AvgIpc) is 2.45. The summed E-state index contributed by atoms with van der Waals surface area (Å²) in [6.45, 7) is 2.11. The van der Waals surface area contributed by atoms with E-state index in [1.165, 1.54) is 7.11 Å². The minimum atomic E-state index is -0.355. The van der Waals surface area contributed by atoms with Crippen LogP contribution in [-0.4, -0.2) is 18.9 Å². The van der Waals surface area contributed by atoms with E-state index < -0.39 is 0 Å². The predicted octanol–water partition coefficient (Wildman–Crippen LogP) is 3.64. The summed E-state index contributed by atoms with van der Waals surface area (Å²) in [5.74, 6) is -0.211. The van der Waals surface area contributed by atoms with Gasteiger partial charge in [0.05, 0.1) is 12.7 Å². The summed E-state index contributed by atoms with van der Waals surface area (Å²) in [5.41, 5.74) is 1.41. The second-order valence-corrected chi connectivity index (χ2v) is 4.37. The Balaban J connectivity index is 2.53. The zero-order valence-corrected chi connectivity index (χ0v) is 11.5. The Bertz CT molecular complexity index is 444. The molecular formula is C16H20O3. The number of methoxy groups -OCH3 is 1. The van der Waals surface area contributed by atoms with Gasteiger partial charge in [-0.2, -0.15) is 0 Å². The first-order valence-corrected chi connectivity index (χ1v) is 6.56. The first kappa shape index (κ1) is 15.2. The van der Waals surface area contributed by atoms with Crippen molar-refractivity contribution in [3.05, 3.63) is 41.5 Å². The highest BCUT2D eigenvalue weighted by molar-refractivity contribution is 5.94. The van der Waals surface area contributed by atoms with Gasteiger partial charge in [-0.05, 0) is 30.2 Å². The maximum Gasteiger partial charge on any atom is 0.337 e. The van der Waals surface area contributed by atoms with Gasteiger partial charge in [-0.15, -0.1) is 0 Å². The van der Waals surface area contributed by atoms with Crippen LogP contribution in [0.1, 0.15) is 48.5 Å². The quantitative estimate of drug-likeness (QED) is 0.427. The van der Waals surface area contributed by atoms with E-state index in [0.717, 1.165) is 24.8 Å². The molecule has 0 saturated heterocycles. The summed E-state index contributed by atoms with van der Waals surface area (Å²) in [6.07, 6.45) is 7.13. The van der Waals surface area contributed by atoms with E-state index in [1.54, 1.807) is 36.4 Å². The number of benzene rings is 1. The zero-order chi connectivity index (χ0) is 14.1. The SMILES string of the molecule is CCCCCC(=O)C=Cc1ccc(C(=O)OC)cc1. The van der Waals surface area contributed by atoms with Gasteiger partial charge in [0.25, 0.3) is 0 Å². The van der Waals surface area contributed by atoms with Gasteiger partial charge in [-0.25, -0.2) is 4.79 Å². The molecule has 0 aromatic heterocycles. The minimum absolute atomic E-state index is 0.144. The molecule has 1 rings (SSSR count). The fraction of sp³-hybridized carbons (Fsp3) is 0.375. The highest BCUT2D eigenvalue weighted by Crippen LogP contribution is 2.08. The Labute approximate surface area is 114 Å². The molecule has 0 amide bonds. The van der Waals surface area contributed by atoms with Crippen LogP contribution in [-0.2, 0) is 9.53 Å². The molecule has 0 spiro atoms. The van der Waals surface area contributed by atoms with Gasteiger partial charge in [0, 0.05) is 6.42 Å². The van der Waals surface area contributed by atoms with Crippen molar-refractivity contribution in [1.29, 1.82) is 0 Å². The van der Waals surface area contributed by atoms with Crippen LogP contribution < -0.4 is 0 Å². The standard InChI is InChI=1S/C16H20O3/c1-3-4-5-6-15(17)12-9-13-7-10-14(11-8-13)16(18)19-2/h7-12H,3-6H2,1-2H3. The molecule has 0 aliphatic carbocycles. The maximum atomic E-state index is 11.6. The lowest BCUT2D eigenvalue weighted by atomic mass is 10.1. The number of allylic oxidation sites excluding steroid dienone is 1. The summed E-state index contributed by atoms with van der Waals surface area (Å²) in [6, 6.07) is 6.96. The number of rotatable bonds is 7. The van der Waals surface area contributed by atoms with Crippen molar-refractivity contribution in [3.63, 3.8) is 0 Å². The van der Waals surface area contributed by atoms with Crippen LogP contribution in [0.2, 0.25) is 0 Å². The molecule has 0 bridgehead atoms. The summed E-state index contributed by atoms with van der Waals surface area (Å²) in [5, 5.41) is 0. The Morgan fingerprint density at radius 2 is 1.84 bits per heavy atom. The first-order chi connectivity index (χ1) is 9.17. The molecule has 0 saturated carbocycles. The molecule has 0 aliphatic rings. The molecule has 0 heterocycles. The summed E-state index contributed by atoms with van der Waals surface area (Å²) < 4.78 is 4.62. The van der Waals surface area contributed by atoms with Gasteiger partial charge >= 0.3 is 5.97 Å². The average molecular weight is 260 g/mol. The Kier molecular flexibility index (Phi) is 6.58. The Hall–Kier alpha value is -1.90. The lowest BCUT2D eigenvalue weighted by Gasteiger charge is -1.99. The summed E-state index contributed by atoms with van der Waals surface area (Å²) in [4.78, 5) is 22.8. The van der Waals surface area contributed by atoms with Gasteiger partial charge < -0.3 is 4.74 Å². The van der Waals surface area contributed by atoms with Gasteiger partial charge in [-0.1, -0.05) is 38.0 Å². The van der Waals surface area contributed by atoms with E-state index in [1.807, 2.05) is 0 Å². The zero-order valence-electron chi connectivity index (χ0n) is 11.5. The minimum Gasteiger partial charge on any atom is -0.465 e. The molecule has 0 atom stereocenters. The van der Waals surface area contributed by atoms with E-state index in [0.29, 0.717) is 12.0 Å². The topological polar surface area (TPSA) is 43.4 Å². The molecule has 0 radical (unpaired) electrons. The van der Waals surface area contributed by atoms with E-state index in [2.05, 4.69) is 11.7 Å². The molecule has 1 aromatic carbocycles. The van der Waals surface area contributed by atoms with Crippen molar-refractivity contribution in [2.45, 2.75) is 32.6 Å². The summed E-state index contributed by atoms with van der Waals surface area (Å²) >= 11 is 0. The van der Waals surface area contributed by atoms with Gasteiger partial charge in [0.15, 0.2) is 5.78 Å². The van der Waals surface area contributed by atoms with Crippen molar-refractivity contribution in [1.82, 2.24) is 0 Å². The van der Waals surface area contributed by atoms with Crippen molar-refractivity contribution in [2.24, 2.45) is 0 Å². The number of carbonyl (C=O) groups excluding carboxylic acids is 2. The highest BCUT2D eigenvalue weighted by atomic mass is 16.5. The molecule has 19 heavy (non-hydrogen) atoms. The van der Waals surface area contributed by atoms with Crippen LogP contribution in [0.4, 0.5) is 0 Å². The van der Waals surface area contributed by atoms with E-state index in [4.69, 9.17) is 0 Å². The Morgan fingerprint density at radius 1 is 1.16 bits per heavy atom. The van der Waals surface area contributed by atoms with E-state index in [-0.39, 0.29) is 11.8 Å². The van der Waals surface area contributed by atoms with Gasteiger partial charge in [0.2, 0.25) is 0 Å². The van der Waals surface area contributed by atoms with Crippen molar-refractivity contribution in [3.8, 4) is 0 Å². The molecule has 3 nitrogen and oxygen atoms in total. The first-order valence-electron chi connectivity index (χ1n) is 6.56. The molecule has 0 unspecified atom stereocenters. The molecule has 0 N–H and O–H groups in total. The molecule has 102 valence electrons. The van der Waals surface area contributed by atoms with Crippen LogP contribution in [0.3, 0.4) is 0 Å². The Morgan fingerprint density at radius 3 is 2.42 bits per heavy atom.